The van der Waals surface area contributed by atoms with Crippen molar-refractivity contribution in [1.82, 2.24) is 4.98 Å². The maximum Gasteiger partial charge on any atom is 0.234 e. The fourth-order valence-electron chi connectivity index (χ4n) is 1.22. The van der Waals surface area contributed by atoms with E-state index < -0.39 is 11.9 Å². The van der Waals surface area contributed by atoms with Crippen LogP contribution in [0.15, 0.2) is 24.5 Å². The van der Waals surface area contributed by atoms with E-state index in [0.29, 0.717) is 6.42 Å². The van der Waals surface area contributed by atoms with Crippen LogP contribution < -0.4 is 11.5 Å². The van der Waals surface area contributed by atoms with Gasteiger partial charge in [-0.15, -0.1) is 0 Å². The summed E-state index contributed by atoms with van der Waals surface area (Å²) in [5.41, 5.74) is 11.7. The van der Waals surface area contributed by atoms with Crippen LogP contribution in [0.3, 0.4) is 0 Å². The Morgan fingerprint density at radius 1 is 1.43 bits per heavy atom. The van der Waals surface area contributed by atoms with E-state index in [9.17, 15) is 4.79 Å². The van der Waals surface area contributed by atoms with Gasteiger partial charge in [0.15, 0.2) is 0 Å². The van der Waals surface area contributed by atoms with Gasteiger partial charge in [0.25, 0.3) is 0 Å². The SMILES string of the molecule is NC(=O)C(N)CCCc1ccncc1. The lowest BCUT2D eigenvalue weighted by atomic mass is 10.1. The summed E-state index contributed by atoms with van der Waals surface area (Å²) in [5.74, 6) is -0.431. The number of pyridine rings is 1. The Labute approximate surface area is 83.3 Å². The summed E-state index contributed by atoms with van der Waals surface area (Å²) in [6.07, 6.45) is 5.92. The second-order valence-corrected chi connectivity index (χ2v) is 3.26. The number of amides is 1. The molecule has 4 N–H and O–H groups in total. The van der Waals surface area contributed by atoms with Crippen molar-refractivity contribution in [1.29, 1.82) is 0 Å². The molecule has 0 aliphatic heterocycles. The summed E-state index contributed by atoms with van der Waals surface area (Å²) in [6, 6.07) is 3.39. The molecule has 0 aliphatic rings. The third-order valence-corrected chi connectivity index (χ3v) is 2.10. The molecule has 4 heteroatoms. The van der Waals surface area contributed by atoms with Crippen molar-refractivity contribution >= 4 is 5.91 Å². The highest BCUT2D eigenvalue weighted by molar-refractivity contribution is 5.79. The Hall–Kier alpha value is -1.42. The number of carbonyl (C=O) groups excluding carboxylic acids is 1. The van der Waals surface area contributed by atoms with Crippen molar-refractivity contribution in [2.24, 2.45) is 11.5 Å². The van der Waals surface area contributed by atoms with Gasteiger partial charge in [-0.05, 0) is 37.0 Å². The molecule has 1 heterocycles. The summed E-state index contributed by atoms with van der Waals surface area (Å²) < 4.78 is 0. The number of aromatic nitrogens is 1. The van der Waals surface area contributed by atoms with Gasteiger partial charge in [0.1, 0.15) is 0 Å². The Bertz CT molecular complexity index is 287. The monoisotopic (exact) mass is 193 g/mol. The van der Waals surface area contributed by atoms with Gasteiger partial charge in [-0.1, -0.05) is 0 Å². The minimum atomic E-state index is -0.517. The van der Waals surface area contributed by atoms with E-state index in [-0.39, 0.29) is 0 Å². The molecule has 0 aliphatic carbocycles. The summed E-state index contributed by atoms with van der Waals surface area (Å²) in [5, 5.41) is 0. The lowest BCUT2D eigenvalue weighted by molar-refractivity contribution is -0.119. The third-order valence-electron chi connectivity index (χ3n) is 2.10. The van der Waals surface area contributed by atoms with E-state index in [1.54, 1.807) is 12.4 Å². The van der Waals surface area contributed by atoms with E-state index in [1.807, 2.05) is 12.1 Å². The van der Waals surface area contributed by atoms with Crippen LogP contribution in [0.1, 0.15) is 18.4 Å². The lowest BCUT2D eigenvalue weighted by Gasteiger charge is -2.06. The quantitative estimate of drug-likeness (QED) is 0.701. The van der Waals surface area contributed by atoms with Crippen LogP contribution >= 0.6 is 0 Å². The van der Waals surface area contributed by atoms with E-state index in [1.165, 1.54) is 5.56 Å². The Morgan fingerprint density at radius 3 is 2.64 bits per heavy atom. The van der Waals surface area contributed by atoms with Gasteiger partial charge in [-0.25, -0.2) is 0 Å². The molecule has 0 spiro atoms. The van der Waals surface area contributed by atoms with Gasteiger partial charge in [0, 0.05) is 12.4 Å². The zero-order valence-corrected chi connectivity index (χ0v) is 8.02. The molecule has 0 fully saturated rings. The summed E-state index contributed by atoms with van der Waals surface area (Å²) in [6.45, 7) is 0. The topological polar surface area (TPSA) is 82.0 Å². The summed E-state index contributed by atoms with van der Waals surface area (Å²) in [4.78, 5) is 14.5. The summed E-state index contributed by atoms with van der Waals surface area (Å²) in [7, 11) is 0. The molecule has 0 aromatic carbocycles. The van der Waals surface area contributed by atoms with E-state index in [2.05, 4.69) is 4.98 Å². The van der Waals surface area contributed by atoms with Crippen LogP contribution in [0, 0.1) is 0 Å². The molecule has 14 heavy (non-hydrogen) atoms. The van der Waals surface area contributed by atoms with Crippen LogP contribution in [0.2, 0.25) is 0 Å². The van der Waals surface area contributed by atoms with Gasteiger partial charge in [-0.2, -0.15) is 0 Å². The molecule has 4 nitrogen and oxygen atoms in total. The number of hydrogen-bond acceptors (Lipinski definition) is 3. The molecule has 1 amide bonds. The Kier molecular flexibility index (Phi) is 4.07. The zero-order valence-electron chi connectivity index (χ0n) is 8.02. The predicted molar refractivity (Wildman–Crippen MR) is 54.3 cm³/mol. The van der Waals surface area contributed by atoms with E-state index in [0.717, 1.165) is 12.8 Å². The second kappa shape index (κ2) is 5.34. The van der Waals surface area contributed by atoms with Crippen LogP contribution in [-0.2, 0) is 11.2 Å². The van der Waals surface area contributed by atoms with Crippen molar-refractivity contribution < 1.29 is 4.79 Å². The van der Waals surface area contributed by atoms with Gasteiger partial charge in [-0.3, -0.25) is 9.78 Å². The Balaban J connectivity index is 2.26. The number of primary amides is 1. The van der Waals surface area contributed by atoms with Gasteiger partial charge in [0.05, 0.1) is 6.04 Å². The first-order valence-electron chi connectivity index (χ1n) is 4.64. The molecule has 1 aromatic heterocycles. The molecule has 1 rings (SSSR count). The van der Waals surface area contributed by atoms with Crippen LogP contribution in [-0.4, -0.2) is 16.9 Å². The largest absolute Gasteiger partial charge is 0.368 e. The average Bonchev–Trinajstić information content (AvgIpc) is 2.19. The molecular weight excluding hydrogens is 178 g/mol. The maximum atomic E-state index is 10.6. The fourth-order valence-corrected chi connectivity index (χ4v) is 1.22. The number of carbonyl (C=O) groups is 1. The average molecular weight is 193 g/mol. The Morgan fingerprint density at radius 2 is 2.07 bits per heavy atom. The first kappa shape index (κ1) is 10.7. The molecule has 0 radical (unpaired) electrons. The number of nitrogens with zero attached hydrogens (tertiary/aromatic N) is 1. The first-order valence-corrected chi connectivity index (χ1v) is 4.64. The molecule has 0 saturated heterocycles. The minimum Gasteiger partial charge on any atom is -0.368 e. The van der Waals surface area contributed by atoms with Gasteiger partial charge >= 0.3 is 0 Å². The lowest BCUT2D eigenvalue weighted by Crippen LogP contribution is -2.36. The number of nitrogens with two attached hydrogens (primary N) is 2. The fraction of sp³-hybridized carbons (Fsp3) is 0.400. The molecule has 0 saturated carbocycles. The van der Waals surface area contributed by atoms with Crippen molar-refractivity contribution in [2.45, 2.75) is 25.3 Å². The maximum absolute atomic E-state index is 10.6. The van der Waals surface area contributed by atoms with Crippen molar-refractivity contribution in [2.75, 3.05) is 0 Å². The normalized spacial score (nSPS) is 12.4. The highest BCUT2D eigenvalue weighted by atomic mass is 16.1. The van der Waals surface area contributed by atoms with E-state index in [4.69, 9.17) is 11.5 Å². The molecular formula is C10H15N3O. The molecule has 1 unspecified atom stereocenters. The third kappa shape index (κ3) is 3.53. The number of rotatable bonds is 5. The standard InChI is InChI=1S/C10H15N3O/c11-9(10(12)14)3-1-2-8-4-6-13-7-5-8/h4-7,9H,1-3,11H2,(H2,12,14). The van der Waals surface area contributed by atoms with Crippen LogP contribution in [0.5, 0.6) is 0 Å². The molecule has 0 bridgehead atoms. The number of hydrogen-bond donors (Lipinski definition) is 2. The van der Waals surface area contributed by atoms with Crippen molar-refractivity contribution in [3.8, 4) is 0 Å². The van der Waals surface area contributed by atoms with Gasteiger partial charge < -0.3 is 11.5 Å². The van der Waals surface area contributed by atoms with E-state index >= 15 is 0 Å². The van der Waals surface area contributed by atoms with Crippen molar-refractivity contribution in [3.63, 3.8) is 0 Å². The minimum absolute atomic E-state index is 0.431. The second-order valence-electron chi connectivity index (χ2n) is 3.26. The smallest absolute Gasteiger partial charge is 0.234 e. The molecule has 1 aromatic rings. The number of aryl methyl sites for hydroxylation is 1. The van der Waals surface area contributed by atoms with Crippen molar-refractivity contribution in [3.05, 3.63) is 30.1 Å². The van der Waals surface area contributed by atoms with Crippen LogP contribution in [0.25, 0.3) is 0 Å². The highest BCUT2D eigenvalue weighted by Gasteiger charge is 2.07. The van der Waals surface area contributed by atoms with Gasteiger partial charge in [0.2, 0.25) is 5.91 Å². The highest BCUT2D eigenvalue weighted by Crippen LogP contribution is 2.04. The zero-order chi connectivity index (χ0) is 10.4. The predicted octanol–water partition coefficient (Wildman–Crippen LogP) is 0.217. The molecule has 76 valence electrons. The first-order chi connectivity index (χ1) is 6.70. The summed E-state index contributed by atoms with van der Waals surface area (Å²) >= 11 is 0. The van der Waals surface area contributed by atoms with Crippen LogP contribution in [0.4, 0.5) is 0 Å². The molecule has 1 atom stereocenters.